The number of nitriles is 1. The van der Waals surface area contributed by atoms with E-state index in [1.165, 1.54) is 0 Å². The number of benzene rings is 2. The molecule has 33 heavy (non-hydrogen) atoms. The zero-order chi connectivity index (χ0) is 23.4. The largest absolute Gasteiger partial charge is 0.395 e. The highest BCUT2D eigenvalue weighted by molar-refractivity contribution is 7.89. The van der Waals surface area contributed by atoms with Crippen molar-refractivity contribution in [2.75, 3.05) is 25.4 Å². The maximum absolute atomic E-state index is 12.5. The van der Waals surface area contributed by atoms with Crippen LogP contribution in [0.2, 0.25) is 0 Å². The normalized spacial score (nSPS) is 15.4. The van der Waals surface area contributed by atoms with E-state index in [0.717, 1.165) is 22.3 Å². The minimum atomic E-state index is -3.48. The molecule has 0 aliphatic heterocycles. The van der Waals surface area contributed by atoms with Crippen molar-refractivity contribution >= 4 is 10.0 Å². The van der Waals surface area contributed by atoms with Crippen LogP contribution in [0.5, 0.6) is 0 Å². The number of aryl methyl sites for hydroxylation is 1. The van der Waals surface area contributed by atoms with Crippen molar-refractivity contribution in [2.45, 2.75) is 25.8 Å². The molecule has 3 aromatic rings. The fourth-order valence-electron chi connectivity index (χ4n) is 4.00. The van der Waals surface area contributed by atoms with E-state index in [-0.39, 0.29) is 24.9 Å². The molecule has 1 unspecified atom stereocenters. The lowest BCUT2D eigenvalue weighted by atomic mass is 10.0. The van der Waals surface area contributed by atoms with Crippen LogP contribution in [0.15, 0.2) is 40.9 Å². The maximum Gasteiger partial charge on any atom is 0.258 e. The third kappa shape index (κ3) is 5.12. The summed E-state index contributed by atoms with van der Waals surface area (Å²) in [7, 11) is -3.48. The van der Waals surface area contributed by atoms with Crippen molar-refractivity contribution in [1.82, 2.24) is 20.2 Å². The van der Waals surface area contributed by atoms with Crippen molar-refractivity contribution in [3.63, 3.8) is 0 Å². The molecule has 1 aliphatic carbocycles. The summed E-state index contributed by atoms with van der Waals surface area (Å²) in [5, 5.41) is 25.1. The van der Waals surface area contributed by atoms with Gasteiger partial charge in [-0.1, -0.05) is 29.4 Å². The minimum absolute atomic E-state index is 0.0343. The number of rotatable bonds is 9. The van der Waals surface area contributed by atoms with Gasteiger partial charge in [-0.3, -0.25) is 0 Å². The minimum Gasteiger partial charge on any atom is -0.395 e. The summed E-state index contributed by atoms with van der Waals surface area (Å²) < 4.78 is 33.2. The highest BCUT2D eigenvalue weighted by Gasteiger charge is 2.29. The summed E-state index contributed by atoms with van der Waals surface area (Å²) in [6, 6.07) is 12.9. The van der Waals surface area contributed by atoms with Gasteiger partial charge >= 0.3 is 0 Å². The molecular weight excluding hydrogens is 442 g/mol. The van der Waals surface area contributed by atoms with Gasteiger partial charge in [-0.05, 0) is 48.6 Å². The molecule has 0 amide bonds. The molecule has 3 N–H and O–H groups in total. The zero-order valence-corrected chi connectivity index (χ0v) is 19.0. The Morgan fingerprint density at radius 2 is 2.12 bits per heavy atom. The van der Waals surface area contributed by atoms with Crippen LogP contribution in [0.1, 0.15) is 34.7 Å². The Hall–Kier alpha value is -3.10. The first-order valence-corrected chi connectivity index (χ1v) is 12.4. The van der Waals surface area contributed by atoms with Crippen LogP contribution < -0.4 is 10.0 Å². The Kier molecular flexibility index (Phi) is 6.85. The van der Waals surface area contributed by atoms with E-state index < -0.39 is 10.0 Å². The van der Waals surface area contributed by atoms with Gasteiger partial charge in [0.25, 0.3) is 5.89 Å². The van der Waals surface area contributed by atoms with Crippen molar-refractivity contribution in [2.24, 2.45) is 0 Å². The lowest BCUT2D eigenvalue weighted by Gasteiger charge is -2.15. The smallest absolute Gasteiger partial charge is 0.258 e. The van der Waals surface area contributed by atoms with Crippen molar-refractivity contribution in [3.05, 3.63) is 58.7 Å². The van der Waals surface area contributed by atoms with Gasteiger partial charge < -0.3 is 14.9 Å². The first-order valence-electron chi connectivity index (χ1n) is 10.7. The lowest BCUT2D eigenvalue weighted by molar-refractivity contribution is 0.293. The third-order valence-electron chi connectivity index (χ3n) is 5.70. The summed E-state index contributed by atoms with van der Waals surface area (Å²) in [5.74, 6) is 0.691. The SMILES string of the molecule is Cc1ccc(-c2nc(-c3cccc4c3CCC4NS(=O)(=O)CCNCCO)no2)cc1C#N. The number of hydrogen-bond donors (Lipinski definition) is 3. The second kappa shape index (κ2) is 9.80. The quantitative estimate of drug-likeness (QED) is 0.406. The van der Waals surface area contributed by atoms with Gasteiger partial charge in [0, 0.05) is 30.3 Å². The van der Waals surface area contributed by atoms with Crippen molar-refractivity contribution < 1.29 is 18.0 Å². The first-order chi connectivity index (χ1) is 15.9. The fourth-order valence-corrected chi connectivity index (χ4v) is 5.21. The molecule has 4 rings (SSSR count). The number of nitrogens with zero attached hydrogens (tertiary/aromatic N) is 3. The summed E-state index contributed by atoms with van der Waals surface area (Å²) in [6.07, 6.45) is 1.33. The molecule has 1 aromatic heterocycles. The molecule has 0 bridgehead atoms. The second-order valence-electron chi connectivity index (χ2n) is 7.94. The Bertz CT molecular complexity index is 1300. The second-order valence-corrected chi connectivity index (χ2v) is 9.81. The van der Waals surface area contributed by atoms with Gasteiger partial charge in [0.2, 0.25) is 15.8 Å². The molecule has 10 heteroatoms. The van der Waals surface area contributed by atoms with Gasteiger partial charge in [-0.15, -0.1) is 0 Å². The van der Waals surface area contributed by atoms with E-state index in [4.69, 9.17) is 9.63 Å². The predicted molar refractivity (Wildman–Crippen MR) is 123 cm³/mol. The van der Waals surface area contributed by atoms with Crippen molar-refractivity contribution in [1.29, 1.82) is 5.26 Å². The van der Waals surface area contributed by atoms with Crippen LogP contribution in [0.4, 0.5) is 0 Å². The topological polar surface area (TPSA) is 141 Å². The van der Waals surface area contributed by atoms with Crippen LogP contribution in [0.3, 0.4) is 0 Å². The van der Waals surface area contributed by atoms with E-state index in [0.29, 0.717) is 42.2 Å². The molecule has 1 heterocycles. The number of nitrogens with one attached hydrogen (secondary N) is 2. The van der Waals surface area contributed by atoms with E-state index >= 15 is 0 Å². The standard InChI is InChI=1S/C23H25N5O4S/c1-15-5-6-16(13-17(15)14-24)23-26-22(27-32-23)20-4-2-3-19-18(20)7-8-21(19)28-33(30,31)12-10-25-9-11-29/h2-6,13,21,25,28-29H,7-12H2,1H3. The molecule has 2 aromatic carbocycles. The van der Waals surface area contributed by atoms with E-state index in [2.05, 4.69) is 26.2 Å². The summed E-state index contributed by atoms with van der Waals surface area (Å²) in [4.78, 5) is 4.54. The summed E-state index contributed by atoms with van der Waals surface area (Å²) in [6.45, 7) is 2.46. The van der Waals surface area contributed by atoms with Crippen LogP contribution in [-0.2, 0) is 16.4 Å². The van der Waals surface area contributed by atoms with Gasteiger partial charge in [-0.2, -0.15) is 10.2 Å². The van der Waals surface area contributed by atoms with E-state index in [1.54, 1.807) is 6.07 Å². The van der Waals surface area contributed by atoms with E-state index in [9.17, 15) is 13.7 Å². The highest BCUT2D eigenvalue weighted by atomic mass is 32.2. The Morgan fingerprint density at radius 1 is 1.27 bits per heavy atom. The van der Waals surface area contributed by atoms with Crippen molar-refractivity contribution in [3.8, 4) is 28.9 Å². The van der Waals surface area contributed by atoms with Crippen LogP contribution in [0.25, 0.3) is 22.8 Å². The Labute approximate surface area is 192 Å². The van der Waals surface area contributed by atoms with Gasteiger partial charge in [-0.25, -0.2) is 13.1 Å². The average Bonchev–Trinajstić information content (AvgIpc) is 3.45. The molecule has 9 nitrogen and oxygen atoms in total. The molecule has 0 spiro atoms. The number of fused-ring (bicyclic) bond motifs is 1. The Morgan fingerprint density at radius 3 is 2.91 bits per heavy atom. The van der Waals surface area contributed by atoms with Gasteiger partial charge in [0.1, 0.15) is 0 Å². The molecule has 0 radical (unpaired) electrons. The number of aliphatic hydroxyl groups excluding tert-OH is 1. The predicted octanol–water partition coefficient (Wildman–Crippen LogP) is 2.07. The van der Waals surface area contributed by atoms with Crippen LogP contribution in [0, 0.1) is 18.3 Å². The molecule has 1 atom stereocenters. The van der Waals surface area contributed by atoms with Gasteiger partial charge in [0.05, 0.1) is 24.0 Å². The van der Waals surface area contributed by atoms with Gasteiger partial charge in [0.15, 0.2) is 0 Å². The molecule has 172 valence electrons. The highest BCUT2D eigenvalue weighted by Crippen LogP contribution is 2.37. The van der Waals surface area contributed by atoms with E-state index in [1.807, 2.05) is 37.3 Å². The lowest BCUT2D eigenvalue weighted by Crippen LogP contribution is -2.34. The average molecular weight is 468 g/mol. The summed E-state index contributed by atoms with van der Waals surface area (Å²) >= 11 is 0. The molecule has 1 aliphatic rings. The molecule has 0 fully saturated rings. The van der Waals surface area contributed by atoms with Crippen LogP contribution >= 0.6 is 0 Å². The molecule has 0 saturated heterocycles. The number of hydrogen-bond acceptors (Lipinski definition) is 8. The number of aliphatic hydroxyl groups is 1. The third-order valence-corrected chi connectivity index (χ3v) is 7.09. The molecule has 0 saturated carbocycles. The van der Waals surface area contributed by atoms with Crippen LogP contribution in [-0.4, -0.2) is 49.1 Å². The monoisotopic (exact) mass is 467 g/mol. The first kappa shape index (κ1) is 23.1. The Balaban J connectivity index is 1.55. The summed E-state index contributed by atoms with van der Waals surface area (Å²) in [5.41, 5.74) is 4.81. The zero-order valence-electron chi connectivity index (χ0n) is 18.2. The number of aromatic nitrogens is 2. The number of sulfonamides is 1. The maximum atomic E-state index is 12.5. The molecular formula is C23H25N5O4S. The fraction of sp³-hybridized carbons (Fsp3) is 0.348.